The Balaban J connectivity index is 1.27. The van der Waals surface area contributed by atoms with Crippen molar-refractivity contribution in [1.82, 2.24) is 10.2 Å². The minimum atomic E-state index is -0.600. The van der Waals surface area contributed by atoms with Crippen LogP contribution in [-0.4, -0.2) is 74.0 Å². The number of ketones is 1. The Kier molecular flexibility index (Phi) is 8.21. The molecule has 2 heterocycles. The molecule has 4 rings (SSSR count). The molecule has 0 aromatic heterocycles. The van der Waals surface area contributed by atoms with Crippen molar-refractivity contribution in [2.45, 2.75) is 25.9 Å². The summed E-state index contributed by atoms with van der Waals surface area (Å²) in [6.07, 6.45) is -0.959. The van der Waals surface area contributed by atoms with Crippen LogP contribution in [0, 0.1) is 17.1 Å². The maximum atomic E-state index is 15.0. The van der Waals surface area contributed by atoms with Gasteiger partial charge in [-0.1, -0.05) is 12.1 Å². The van der Waals surface area contributed by atoms with Crippen molar-refractivity contribution in [3.8, 4) is 6.07 Å². The van der Waals surface area contributed by atoms with Crippen LogP contribution in [0.25, 0.3) is 0 Å². The van der Waals surface area contributed by atoms with Crippen LogP contribution in [0.1, 0.15) is 35.7 Å². The van der Waals surface area contributed by atoms with Crippen molar-refractivity contribution >= 4 is 35.1 Å². The highest BCUT2D eigenvalue weighted by Gasteiger charge is 2.33. The number of rotatable bonds is 8. The van der Waals surface area contributed by atoms with Gasteiger partial charge in [-0.05, 0) is 30.3 Å². The molecule has 2 aliphatic rings. The summed E-state index contributed by atoms with van der Waals surface area (Å²) in [5, 5.41) is 11.5. The molecule has 1 atom stereocenters. The third kappa shape index (κ3) is 6.26. The summed E-state index contributed by atoms with van der Waals surface area (Å²) in [4.78, 5) is 53.2. The Morgan fingerprint density at radius 3 is 2.42 bits per heavy atom. The second-order valence-corrected chi connectivity index (χ2v) is 9.17. The molecule has 0 bridgehead atoms. The first-order valence-electron chi connectivity index (χ1n) is 12.3. The molecule has 2 aromatic rings. The number of ether oxygens (including phenoxy) is 1. The van der Waals surface area contributed by atoms with Gasteiger partial charge in [0.05, 0.1) is 36.1 Å². The van der Waals surface area contributed by atoms with Crippen LogP contribution >= 0.6 is 0 Å². The van der Waals surface area contributed by atoms with Crippen molar-refractivity contribution in [1.29, 1.82) is 5.26 Å². The normalized spacial score (nSPS) is 17.1. The van der Waals surface area contributed by atoms with E-state index in [0.29, 0.717) is 48.7 Å². The Hall–Kier alpha value is -4.46. The fourth-order valence-corrected chi connectivity index (χ4v) is 4.47. The van der Waals surface area contributed by atoms with E-state index in [1.54, 1.807) is 41.3 Å². The third-order valence-electron chi connectivity index (χ3n) is 6.57. The zero-order valence-corrected chi connectivity index (χ0v) is 21.0. The molecule has 0 radical (unpaired) electrons. The molecule has 10 nitrogen and oxygen atoms in total. The summed E-state index contributed by atoms with van der Waals surface area (Å²) >= 11 is 0. The van der Waals surface area contributed by atoms with Crippen molar-refractivity contribution in [3.05, 3.63) is 59.4 Å². The number of hydrogen-bond donors (Lipinski definition) is 1. The third-order valence-corrected chi connectivity index (χ3v) is 6.57. The van der Waals surface area contributed by atoms with Crippen LogP contribution in [0.3, 0.4) is 0 Å². The molecule has 0 spiro atoms. The van der Waals surface area contributed by atoms with Crippen LogP contribution in [0.15, 0.2) is 42.5 Å². The summed E-state index contributed by atoms with van der Waals surface area (Å²) in [5.74, 6) is -1.02. The summed E-state index contributed by atoms with van der Waals surface area (Å²) in [7, 11) is 0. The van der Waals surface area contributed by atoms with Gasteiger partial charge in [0, 0.05) is 51.5 Å². The highest BCUT2D eigenvalue weighted by atomic mass is 19.1. The minimum absolute atomic E-state index is 0.0750. The smallest absolute Gasteiger partial charge is 0.414 e. The van der Waals surface area contributed by atoms with E-state index < -0.39 is 18.0 Å². The van der Waals surface area contributed by atoms with E-state index in [9.17, 15) is 19.2 Å². The zero-order chi connectivity index (χ0) is 27.2. The number of carbonyl (C=O) groups is 4. The summed E-state index contributed by atoms with van der Waals surface area (Å²) in [6, 6.07) is 12.8. The van der Waals surface area contributed by atoms with Gasteiger partial charge in [-0.3, -0.25) is 19.3 Å². The SMILES string of the molecule is CC(=O)NC[C@H]1CN(c2ccc(N3CCN(C(=O)CCC(=O)c4ccc(C#N)cc4)CC3)c(F)c2)C(=O)O1. The van der Waals surface area contributed by atoms with E-state index in [2.05, 4.69) is 5.32 Å². The molecular weight excluding hydrogens is 493 g/mol. The van der Waals surface area contributed by atoms with Crippen molar-refractivity contribution in [2.24, 2.45) is 0 Å². The number of halogens is 1. The first kappa shape index (κ1) is 26.6. The zero-order valence-electron chi connectivity index (χ0n) is 21.0. The Morgan fingerprint density at radius 2 is 1.79 bits per heavy atom. The van der Waals surface area contributed by atoms with Crippen LogP contribution in [-0.2, 0) is 14.3 Å². The lowest BCUT2D eigenvalue weighted by molar-refractivity contribution is -0.131. The van der Waals surface area contributed by atoms with E-state index in [0.717, 1.165) is 0 Å². The molecule has 2 aliphatic heterocycles. The van der Waals surface area contributed by atoms with Gasteiger partial charge in [0.15, 0.2) is 5.78 Å². The standard InChI is InChI=1S/C27H28FN5O5/c1-18(34)30-16-22-17-33(27(37)38-22)21-6-7-24(23(28)14-21)31-10-12-32(13-11-31)26(36)9-8-25(35)20-4-2-19(15-29)3-5-20/h2-7,14,22H,8-13,16-17H2,1H3,(H,30,34)/t22-/m0/s1. The Morgan fingerprint density at radius 1 is 1.08 bits per heavy atom. The molecule has 0 aliphatic carbocycles. The van der Waals surface area contributed by atoms with Gasteiger partial charge in [0.25, 0.3) is 0 Å². The van der Waals surface area contributed by atoms with E-state index in [4.69, 9.17) is 10.00 Å². The summed E-state index contributed by atoms with van der Waals surface area (Å²) in [5.41, 5.74) is 1.67. The molecule has 2 saturated heterocycles. The molecule has 11 heteroatoms. The summed E-state index contributed by atoms with van der Waals surface area (Å²) < 4.78 is 20.3. The maximum Gasteiger partial charge on any atom is 0.414 e. The van der Waals surface area contributed by atoms with Gasteiger partial charge in [-0.2, -0.15) is 5.26 Å². The average Bonchev–Trinajstić information content (AvgIpc) is 3.30. The van der Waals surface area contributed by atoms with Gasteiger partial charge >= 0.3 is 6.09 Å². The van der Waals surface area contributed by atoms with E-state index in [-0.39, 0.29) is 43.5 Å². The first-order chi connectivity index (χ1) is 18.2. The van der Waals surface area contributed by atoms with Gasteiger partial charge in [-0.25, -0.2) is 9.18 Å². The molecule has 38 heavy (non-hydrogen) atoms. The number of carbonyl (C=O) groups excluding carboxylic acids is 4. The average molecular weight is 522 g/mol. The molecule has 0 unspecified atom stereocenters. The molecule has 2 aromatic carbocycles. The van der Waals surface area contributed by atoms with Crippen LogP contribution in [0.4, 0.5) is 20.6 Å². The molecule has 1 N–H and O–H groups in total. The topological polar surface area (TPSA) is 123 Å². The van der Waals surface area contributed by atoms with E-state index in [1.807, 2.05) is 11.0 Å². The molecule has 0 saturated carbocycles. The second-order valence-electron chi connectivity index (χ2n) is 9.17. The molecular formula is C27H28FN5O5. The predicted octanol–water partition coefficient (Wildman–Crippen LogP) is 2.47. The lowest BCUT2D eigenvalue weighted by Crippen LogP contribution is -2.49. The van der Waals surface area contributed by atoms with Crippen LogP contribution in [0.5, 0.6) is 0 Å². The number of anilines is 2. The Labute approximate surface area is 219 Å². The van der Waals surface area contributed by atoms with E-state index in [1.165, 1.54) is 17.9 Å². The molecule has 2 fully saturated rings. The van der Waals surface area contributed by atoms with Gasteiger partial charge in [0.1, 0.15) is 11.9 Å². The highest BCUT2D eigenvalue weighted by molar-refractivity contribution is 5.98. The van der Waals surface area contributed by atoms with Crippen molar-refractivity contribution in [3.63, 3.8) is 0 Å². The first-order valence-corrected chi connectivity index (χ1v) is 12.3. The number of amides is 3. The van der Waals surface area contributed by atoms with Crippen molar-refractivity contribution < 1.29 is 28.3 Å². The monoisotopic (exact) mass is 521 g/mol. The number of Topliss-reactive ketones (excluding diaryl/α,β-unsaturated/α-hetero) is 1. The maximum absolute atomic E-state index is 15.0. The Bertz CT molecular complexity index is 1270. The number of nitrogens with one attached hydrogen (secondary N) is 1. The van der Waals surface area contributed by atoms with Crippen LogP contribution < -0.4 is 15.1 Å². The molecule has 3 amide bonds. The van der Waals surface area contributed by atoms with Gasteiger partial charge in [0.2, 0.25) is 11.8 Å². The second kappa shape index (κ2) is 11.7. The predicted molar refractivity (Wildman–Crippen MR) is 136 cm³/mol. The minimum Gasteiger partial charge on any atom is -0.442 e. The fraction of sp³-hybridized carbons (Fsp3) is 0.370. The lowest BCUT2D eigenvalue weighted by Gasteiger charge is -2.36. The van der Waals surface area contributed by atoms with Gasteiger partial charge in [-0.15, -0.1) is 0 Å². The van der Waals surface area contributed by atoms with Gasteiger partial charge < -0.3 is 19.9 Å². The number of cyclic esters (lactones) is 1. The number of benzene rings is 2. The largest absolute Gasteiger partial charge is 0.442 e. The van der Waals surface area contributed by atoms with Crippen molar-refractivity contribution in [2.75, 3.05) is 49.1 Å². The number of hydrogen-bond acceptors (Lipinski definition) is 7. The summed E-state index contributed by atoms with van der Waals surface area (Å²) in [6.45, 7) is 3.41. The number of piperazine rings is 1. The number of nitriles is 1. The molecule has 198 valence electrons. The quantitative estimate of drug-likeness (QED) is 0.530. The number of nitrogens with zero attached hydrogens (tertiary/aromatic N) is 4. The van der Waals surface area contributed by atoms with E-state index >= 15 is 4.39 Å². The lowest BCUT2D eigenvalue weighted by atomic mass is 10.0. The van der Waals surface area contributed by atoms with Crippen LogP contribution in [0.2, 0.25) is 0 Å². The highest BCUT2D eigenvalue weighted by Crippen LogP contribution is 2.28. The fourth-order valence-electron chi connectivity index (χ4n) is 4.47.